The van der Waals surface area contributed by atoms with Gasteiger partial charge in [-0.3, -0.25) is 10.1 Å². The third kappa shape index (κ3) is 5.35. The molecule has 0 aliphatic rings. The second-order valence-corrected chi connectivity index (χ2v) is 8.88. The Bertz CT molecular complexity index is 912. The smallest absolute Gasteiger partial charge is 0.273 e. The molecule has 0 spiro atoms. The summed E-state index contributed by atoms with van der Waals surface area (Å²) in [7, 11) is -3.88. The molecule has 0 heterocycles. The van der Waals surface area contributed by atoms with Crippen molar-refractivity contribution in [3.63, 3.8) is 0 Å². The molecule has 1 unspecified atom stereocenters. The summed E-state index contributed by atoms with van der Waals surface area (Å²) in [4.78, 5) is 10.4. The second kappa shape index (κ2) is 8.16. The van der Waals surface area contributed by atoms with E-state index in [0.717, 1.165) is 5.56 Å². The number of hydrogen-bond acceptors (Lipinski definition) is 5. The summed E-state index contributed by atoms with van der Waals surface area (Å²) in [5.41, 5.74) is 0.478. The second-order valence-electron chi connectivity index (χ2n) is 7.14. The molecule has 0 radical (unpaired) electrons. The van der Waals surface area contributed by atoms with Crippen LogP contribution < -0.4 is 10.0 Å². The SMILES string of the molecule is Cc1c([N+](=O)[O-])cccc1S(=O)(=O)NCC(C)(C)NC(C)c1ccccc1. The van der Waals surface area contributed by atoms with Gasteiger partial charge in [0, 0.05) is 29.8 Å². The van der Waals surface area contributed by atoms with E-state index in [0.29, 0.717) is 0 Å². The lowest BCUT2D eigenvalue weighted by Gasteiger charge is -2.31. The molecule has 146 valence electrons. The van der Waals surface area contributed by atoms with Crippen molar-refractivity contribution in [3.8, 4) is 0 Å². The van der Waals surface area contributed by atoms with Crippen LogP contribution in [-0.2, 0) is 10.0 Å². The molecule has 0 aliphatic carbocycles. The predicted octanol–water partition coefficient (Wildman–Crippen LogP) is 3.31. The van der Waals surface area contributed by atoms with Crippen LogP contribution in [0.15, 0.2) is 53.4 Å². The van der Waals surface area contributed by atoms with Crippen molar-refractivity contribution in [1.29, 1.82) is 0 Å². The summed E-state index contributed by atoms with van der Waals surface area (Å²) >= 11 is 0. The fraction of sp³-hybridized carbons (Fsp3) is 0.368. The standard InChI is InChI=1S/C19H25N3O4S/c1-14-17(22(23)24)11-8-12-18(14)27(25,26)20-13-19(3,4)21-15(2)16-9-6-5-7-10-16/h5-12,15,20-21H,13H2,1-4H3. The predicted molar refractivity (Wildman–Crippen MR) is 105 cm³/mol. The number of nitro groups is 1. The van der Waals surface area contributed by atoms with Crippen LogP contribution in [0.5, 0.6) is 0 Å². The van der Waals surface area contributed by atoms with E-state index in [-0.39, 0.29) is 28.7 Å². The molecule has 1 atom stereocenters. The molecule has 0 aliphatic heterocycles. The van der Waals surface area contributed by atoms with Crippen LogP contribution in [0.3, 0.4) is 0 Å². The fourth-order valence-corrected chi connectivity index (χ4v) is 4.38. The van der Waals surface area contributed by atoms with E-state index < -0.39 is 20.5 Å². The van der Waals surface area contributed by atoms with Gasteiger partial charge in [0.25, 0.3) is 5.69 Å². The number of sulfonamides is 1. The highest BCUT2D eigenvalue weighted by atomic mass is 32.2. The molecule has 0 fully saturated rings. The van der Waals surface area contributed by atoms with Gasteiger partial charge >= 0.3 is 0 Å². The fourth-order valence-electron chi connectivity index (χ4n) is 2.91. The summed E-state index contributed by atoms with van der Waals surface area (Å²) < 4.78 is 27.9. The molecule has 0 aromatic heterocycles. The molecule has 7 nitrogen and oxygen atoms in total. The molecule has 0 saturated heterocycles. The van der Waals surface area contributed by atoms with Crippen LogP contribution >= 0.6 is 0 Å². The molecular weight excluding hydrogens is 366 g/mol. The zero-order valence-corrected chi connectivity index (χ0v) is 16.7. The lowest BCUT2D eigenvalue weighted by molar-refractivity contribution is -0.385. The van der Waals surface area contributed by atoms with Crippen molar-refractivity contribution in [1.82, 2.24) is 10.0 Å². The Morgan fingerprint density at radius 3 is 2.33 bits per heavy atom. The van der Waals surface area contributed by atoms with Crippen molar-refractivity contribution in [2.45, 2.75) is 44.2 Å². The van der Waals surface area contributed by atoms with Crippen LogP contribution in [-0.4, -0.2) is 25.4 Å². The molecule has 0 amide bonds. The molecule has 0 bridgehead atoms. The van der Waals surface area contributed by atoms with E-state index in [9.17, 15) is 18.5 Å². The molecule has 2 rings (SSSR count). The molecule has 8 heteroatoms. The van der Waals surface area contributed by atoms with Crippen LogP contribution in [0.1, 0.15) is 37.9 Å². The van der Waals surface area contributed by atoms with Crippen molar-refractivity contribution >= 4 is 15.7 Å². The van der Waals surface area contributed by atoms with Gasteiger partial charge in [0.05, 0.1) is 9.82 Å². The summed E-state index contributed by atoms with van der Waals surface area (Å²) in [5, 5.41) is 14.5. The Morgan fingerprint density at radius 2 is 1.74 bits per heavy atom. The highest BCUT2D eigenvalue weighted by Gasteiger charge is 2.27. The monoisotopic (exact) mass is 391 g/mol. The van der Waals surface area contributed by atoms with E-state index >= 15 is 0 Å². The highest BCUT2D eigenvalue weighted by molar-refractivity contribution is 7.89. The Hall–Kier alpha value is -2.29. The highest BCUT2D eigenvalue weighted by Crippen LogP contribution is 2.25. The first-order valence-electron chi connectivity index (χ1n) is 8.60. The van der Waals surface area contributed by atoms with Gasteiger partial charge in [-0.15, -0.1) is 0 Å². The number of nitrogens with one attached hydrogen (secondary N) is 2. The van der Waals surface area contributed by atoms with Crippen molar-refractivity contribution in [3.05, 3.63) is 69.8 Å². The van der Waals surface area contributed by atoms with Crippen LogP contribution in [0.4, 0.5) is 5.69 Å². The zero-order valence-electron chi connectivity index (χ0n) is 15.9. The van der Waals surface area contributed by atoms with Crippen molar-refractivity contribution in [2.24, 2.45) is 0 Å². The molecule has 2 aromatic carbocycles. The maximum atomic E-state index is 12.7. The molecule has 27 heavy (non-hydrogen) atoms. The third-order valence-electron chi connectivity index (χ3n) is 4.35. The van der Waals surface area contributed by atoms with Gasteiger partial charge in [-0.05, 0) is 39.3 Å². The minimum Gasteiger partial charge on any atom is -0.304 e. The summed E-state index contributed by atoms with van der Waals surface area (Å²) in [6.07, 6.45) is 0. The van der Waals surface area contributed by atoms with E-state index in [1.165, 1.54) is 25.1 Å². The number of nitro benzene ring substituents is 1. The minimum absolute atomic E-state index is 0.0326. The van der Waals surface area contributed by atoms with Crippen LogP contribution in [0, 0.1) is 17.0 Å². The molecule has 2 N–H and O–H groups in total. The number of benzene rings is 2. The van der Waals surface area contributed by atoms with Gasteiger partial charge in [0.1, 0.15) is 0 Å². The van der Waals surface area contributed by atoms with Crippen molar-refractivity contribution < 1.29 is 13.3 Å². The van der Waals surface area contributed by atoms with Gasteiger partial charge in [-0.25, -0.2) is 13.1 Å². The number of hydrogen-bond donors (Lipinski definition) is 2. The maximum Gasteiger partial charge on any atom is 0.273 e. The van der Waals surface area contributed by atoms with Gasteiger partial charge in [0.2, 0.25) is 10.0 Å². The number of nitrogens with zero attached hydrogens (tertiary/aromatic N) is 1. The average molecular weight is 391 g/mol. The van der Waals surface area contributed by atoms with E-state index in [1.54, 1.807) is 0 Å². The molecule has 0 saturated carbocycles. The largest absolute Gasteiger partial charge is 0.304 e. The first-order valence-corrected chi connectivity index (χ1v) is 10.1. The Morgan fingerprint density at radius 1 is 1.11 bits per heavy atom. The zero-order chi connectivity index (χ0) is 20.2. The van der Waals surface area contributed by atoms with Gasteiger partial charge < -0.3 is 5.32 Å². The van der Waals surface area contributed by atoms with Crippen molar-refractivity contribution in [2.75, 3.05) is 6.54 Å². The average Bonchev–Trinajstić information content (AvgIpc) is 2.60. The minimum atomic E-state index is -3.88. The Labute approximate surface area is 160 Å². The molecular formula is C19H25N3O4S. The summed E-state index contributed by atoms with van der Waals surface area (Å²) in [6.45, 7) is 7.38. The lowest BCUT2D eigenvalue weighted by atomic mass is 10.0. The van der Waals surface area contributed by atoms with Gasteiger partial charge in [-0.1, -0.05) is 36.4 Å². The van der Waals surface area contributed by atoms with Crippen LogP contribution in [0.2, 0.25) is 0 Å². The van der Waals surface area contributed by atoms with E-state index in [2.05, 4.69) is 10.0 Å². The maximum absolute atomic E-state index is 12.7. The Balaban J connectivity index is 2.12. The summed E-state index contributed by atoms with van der Waals surface area (Å²) in [6, 6.07) is 13.9. The normalized spacial score (nSPS) is 13.3. The molecule has 2 aromatic rings. The van der Waals surface area contributed by atoms with Crippen LogP contribution in [0.25, 0.3) is 0 Å². The van der Waals surface area contributed by atoms with E-state index in [4.69, 9.17) is 0 Å². The first-order chi connectivity index (χ1) is 12.5. The van der Waals surface area contributed by atoms with Gasteiger partial charge in [-0.2, -0.15) is 0 Å². The van der Waals surface area contributed by atoms with Gasteiger partial charge in [0.15, 0.2) is 0 Å². The number of rotatable bonds is 8. The topological polar surface area (TPSA) is 101 Å². The Kier molecular flexibility index (Phi) is 6.35. The third-order valence-corrected chi connectivity index (χ3v) is 5.90. The lowest BCUT2D eigenvalue weighted by Crippen LogP contribution is -2.49. The first kappa shape index (κ1) is 21.0. The quantitative estimate of drug-likeness (QED) is 0.531. The summed E-state index contributed by atoms with van der Waals surface area (Å²) in [5.74, 6) is 0. The van der Waals surface area contributed by atoms with E-state index in [1.807, 2.05) is 51.1 Å².